The molecule has 0 heterocycles. The molecular weight excluding hydrogens is 258 g/mol. The molecule has 110 valence electrons. The summed E-state index contributed by atoms with van der Waals surface area (Å²) in [4.78, 5) is 0. The highest BCUT2D eigenvalue weighted by atomic mass is 19.3. The Morgan fingerprint density at radius 3 is 2.65 bits per heavy atom. The maximum Gasteiger partial charge on any atom is 0.248 e. The Morgan fingerprint density at radius 1 is 1.25 bits per heavy atom. The lowest BCUT2D eigenvalue weighted by Crippen LogP contribution is -2.23. The molecule has 3 heteroatoms. The summed E-state index contributed by atoms with van der Waals surface area (Å²) in [6.45, 7) is 2.65. The van der Waals surface area contributed by atoms with Crippen LogP contribution in [0.3, 0.4) is 0 Å². The van der Waals surface area contributed by atoms with Gasteiger partial charge in [-0.25, -0.2) is 8.78 Å². The van der Waals surface area contributed by atoms with E-state index in [4.69, 9.17) is 4.74 Å². The summed E-state index contributed by atoms with van der Waals surface area (Å²) < 4.78 is 31.7. The third kappa shape index (κ3) is 4.62. The molecule has 0 saturated heterocycles. The van der Waals surface area contributed by atoms with Crippen LogP contribution in [0.15, 0.2) is 36.4 Å². The molecule has 0 bridgehead atoms. The van der Waals surface area contributed by atoms with Gasteiger partial charge < -0.3 is 4.74 Å². The number of rotatable bonds is 5. The van der Waals surface area contributed by atoms with Crippen molar-refractivity contribution in [2.45, 2.75) is 45.0 Å². The maximum atomic E-state index is 13.0. The van der Waals surface area contributed by atoms with E-state index >= 15 is 0 Å². The Bertz CT molecular complexity index is 444. The number of allylic oxidation sites excluding steroid dienone is 1. The Labute approximate surface area is 119 Å². The first-order valence-electron chi connectivity index (χ1n) is 7.30. The second kappa shape index (κ2) is 6.87. The summed E-state index contributed by atoms with van der Waals surface area (Å²) in [6.07, 6.45) is 6.22. The van der Waals surface area contributed by atoms with Crippen LogP contribution in [0.1, 0.15) is 37.7 Å². The van der Waals surface area contributed by atoms with Gasteiger partial charge in [0.05, 0.1) is 6.61 Å². The third-order valence-corrected chi connectivity index (χ3v) is 3.81. The molecule has 0 aliphatic heterocycles. The van der Waals surface area contributed by atoms with Gasteiger partial charge in [0.25, 0.3) is 0 Å². The molecule has 1 aromatic rings. The lowest BCUT2D eigenvalue weighted by atomic mass is 9.86. The van der Waals surface area contributed by atoms with E-state index in [1.54, 1.807) is 0 Å². The zero-order chi connectivity index (χ0) is 14.4. The molecule has 1 fully saturated rings. The highest BCUT2D eigenvalue weighted by molar-refractivity contribution is 5.31. The second-order valence-electron chi connectivity index (χ2n) is 5.52. The smallest absolute Gasteiger partial charge is 0.248 e. The van der Waals surface area contributed by atoms with Gasteiger partial charge in [-0.1, -0.05) is 30.4 Å². The molecule has 0 atom stereocenters. The molecular formula is C17H22F2O. The van der Waals surface area contributed by atoms with Crippen LogP contribution in [0.2, 0.25) is 0 Å². The molecule has 1 saturated carbocycles. The predicted molar refractivity (Wildman–Crippen MR) is 77.3 cm³/mol. The van der Waals surface area contributed by atoms with Crippen LogP contribution >= 0.6 is 0 Å². The number of ether oxygens (including phenoxy) is 1. The fraction of sp³-hybridized carbons (Fsp3) is 0.529. The first kappa shape index (κ1) is 15.0. The quantitative estimate of drug-likeness (QED) is 0.535. The van der Waals surface area contributed by atoms with Crippen molar-refractivity contribution in [3.8, 4) is 5.75 Å². The van der Waals surface area contributed by atoms with Gasteiger partial charge in [-0.05, 0) is 43.7 Å². The summed E-state index contributed by atoms with van der Waals surface area (Å²) in [5, 5.41) is 0. The van der Waals surface area contributed by atoms with E-state index in [1.165, 1.54) is 0 Å². The van der Waals surface area contributed by atoms with Gasteiger partial charge in [0, 0.05) is 12.8 Å². The Hall–Kier alpha value is -1.38. The van der Waals surface area contributed by atoms with Crippen LogP contribution in [0.4, 0.5) is 8.78 Å². The molecule has 20 heavy (non-hydrogen) atoms. The standard InChI is InChI=1S/C17H22F2O/c1-14-6-2-3-8-16(14)20-13-5-4-7-15-9-11-17(18,19)12-10-15/h2-4,6-8,15H,5,9-13H2,1H3/b7-4-. The number of alkyl halides is 2. The fourth-order valence-electron chi connectivity index (χ4n) is 2.50. The monoisotopic (exact) mass is 280 g/mol. The first-order valence-corrected chi connectivity index (χ1v) is 7.30. The Balaban J connectivity index is 1.66. The van der Waals surface area contributed by atoms with Crippen molar-refractivity contribution >= 4 is 0 Å². The normalized spacial score (nSPS) is 19.4. The maximum absolute atomic E-state index is 13.0. The topological polar surface area (TPSA) is 9.23 Å². The van der Waals surface area contributed by atoms with Crippen LogP contribution in [0, 0.1) is 12.8 Å². The van der Waals surface area contributed by atoms with Gasteiger partial charge in [0.1, 0.15) is 5.75 Å². The van der Waals surface area contributed by atoms with E-state index in [2.05, 4.69) is 12.2 Å². The van der Waals surface area contributed by atoms with Crippen LogP contribution in [-0.2, 0) is 0 Å². The lowest BCUT2D eigenvalue weighted by Gasteiger charge is -2.26. The summed E-state index contributed by atoms with van der Waals surface area (Å²) in [5.74, 6) is -1.20. The van der Waals surface area contributed by atoms with Crippen molar-refractivity contribution < 1.29 is 13.5 Å². The number of benzene rings is 1. The molecule has 1 aromatic carbocycles. The van der Waals surface area contributed by atoms with Crippen LogP contribution < -0.4 is 4.74 Å². The highest BCUT2D eigenvalue weighted by Gasteiger charge is 2.33. The SMILES string of the molecule is Cc1ccccc1OCC/C=C\C1CCC(F)(F)CC1. The minimum atomic E-state index is -2.43. The van der Waals surface area contributed by atoms with Gasteiger partial charge in [-0.15, -0.1) is 0 Å². The van der Waals surface area contributed by atoms with Crippen molar-refractivity contribution in [1.82, 2.24) is 0 Å². The number of hydrogen-bond donors (Lipinski definition) is 0. The zero-order valence-corrected chi connectivity index (χ0v) is 11.9. The van der Waals surface area contributed by atoms with Crippen LogP contribution in [-0.4, -0.2) is 12.5 Å². The van der Waals surface area contributed by atoms with Gasteiger partial charge >= 0.3 is 0 Å². The van der Waals surface area contributed by atoms with Gasteiger partial charge in [-0.2, -0.15) is 0 Å². The molecule has 1 aliphatic carbocycles. The largest absolute Gasteiger partial charge is 0.493 e. The molecule has 0 radical (unpaired) electrons. The van der Waals surface area contributed by atoms with E-state index in [0.717, 1.165) is 17.7 Å². The number of para-hydroxylation sites is 1. The molecule has 0 amide bonds. The predicted octanol–water partition coefficient (Wildman–Crippen LogP) is 5.15. The highest BCUT2D eigenvalue weighted by Crippen LogP contribution is 2.36. The average molecular weight is 280 g/mol. The van der Waals surface area contributed by atoms with E-state index in [1.807, 2.05) is 31.2 Å². The molecule has 0 aromatic heterocycles. The first-order chi connectivity index (χ1) is 9.57. The Kier molecular flexibility index (Phi) is 5.16. The van der Waals surface area contributed by atoms with Crippen LogP contribution in [0.5, 0.6) is 5.75 Å². The Morgan fingerprint density at radius 2 is 1.95 bits per heavy atom. The second-order valence-corrected chi connectivity index (χ2v) is 5.52. The van der Waals surface area contributed by atoms with Gasteiger partial charge in [0.2, 0.25) is 5.92 Å². The van der Waals surface area contributed by atoms with Crippen molar-refractivity contribution in [3.05, 3.63) is 42.0 Å². The number of halogens is 2. The van der Waals surface area contributed by atoms with Crippen LogP contribution in [0.25, 0.3) is 0 Å². The fourth-order valence-corrected chi connectivity index (χ4v) is 2.50. The summed E-state index contributed by atoms with van der Waals surface area (Å²) in [6, 6.07) is 7.93. The average Bonchev–Trinajstić information content (AvgIpc) is 2.42. The zero-order valence-electron chi connectivity index (χ0n) is 11.9. The molecule has 0 spiro atoms. The van der Waals surface area contributed by atoms with E-state index in [0.29, 0.717) is 25.4 Å². The van der Waals surface area contributed by atoms with Crippen molar-refractivity contribution in [3.63, 3.8) is 0 Å². The molecule has 0 N–H and O–H groups in total. The van der Waals surface area contributed by atoms with Crippen molar-refractivity contribution in [1.29, 1.82) is 0 Å². The summed E-state index contributed by atoms with van der Waals surface area (Å²) in [5.41, 5.74) is 1.13. The number of hydrogen-bond acceptors (Lipinski definition) is 1. The summed E-state index contributed by atoms with van der Waals surface area (Å²) in [7, 11) is 0. The third-order valence-electron chi connectivity index (χ3n) is 3.81. The van der Waals surface area contributed by atoms with E-state index < -0.39 is 5.92 Å². The van der Waals surface area contributed by atoms with Crippen molar-refractivity contribution in [2.24, 2.45) is 5.92 Å². The van der Waals surface area contributed by atoms with Crippen molar-refractivity contribution in [2.75, 3.05) is 6.61 Å². The molecule has 0 unspecified atom stereocenters. The van der Waals surface area contributed by atoms with Gasteiger partial charge in [-0.3, -0.25) is 0 Å². The lowest BCUT2D eigenvalue weighted by molar-refractivity contribution is -0.0411. The summed E-state index contributed by atoms with van der Waals surface area (Å²) >= 11 is 0. The molecule has 2 rings (SSSR count). The molecule has 1 nitrogen and oxygen atoms in total. The minimum Gasteiger partial charge on any atom is -0.493 e. The van der Waals surface area contributed by atoms with E-state index in [9.17, 15) is 8.78 Å². The molecule has 1 aliphatic rings. The number of aryl methyl sites for hydroxylation is 1. The minimum absolute atomic E-state index is 0.0295. The van der Waals surface area contributed by atoms with Gasteiger partial charge in [0.15, 0.2) is 0 Å². The van der Waals surface area contributed by atoms with E-state index in [-0.39, 0.29) is 12.8 Å².